The summed E-state index contributed by atoms with van der Waals surface area (Å²) in [7, 11) is -2.81. The van der Waals surface area contributed by atoms with E-state index in [2.05, 4.69) is 5.32 Å². The number of rotatable bonds is 14. The van der Waals surface area contributed by atoms with E-state index in [1.54, 1.807) is 48.5 Å². The monoisotopic (exact) mass is 661 g/mol. The molecule has 0 radical (unpaired) electrons. The number of carbonyl (C=O) groups is 2. The first kappa shape index (κ1) is 34.5. The Labute approximate surface area is 277 Å². The standard InChI is InChI=1S/C36H40ClN3O5S/c1-5-21-38-36(42)33(23-28-9-7-6-8-10-28)39(24-29-14-16-30(37)17-15-29)35(41)25-40(32-22-27(3)13-20-34(32)45-4)46(43,44)31-18-11-26(2)12-19-31/h6-20,22,33H,5,21,23-25H2,1-4H3,(H,38,42)/t33-/m1/s1. The molecule has 0 fully saturated rings. The fourth-order valence-electron chi connectivity index (χ4n) is 5.05. The predicted molar refractivity (Wildman–Crippen MR) is 183 cm³/mol. The largest absolute Gasteiger partial charge is 0.495 e. The summed E-state index contributed by atoms with van der Waals surface area (Å²) in [5.41, 5.74) is 3.49. The minimum absolute atomic E-state index is 0.0280. The maximum atomic E-state index is 14.6. The Morgan fingerprint density at radius 2 is 1.52 bits per heavy atom. The molecule has 2 amide bonds. The Bertz CT molecular complexity index is 1730. The zero-order valence-electron chi connectivity index (χ0n) is 26.6. The molecule has 242 valence electrons. The lowest BCUT2D eigenvalue weighted by Gasteiger charge is -2.34. The van der Waals surface area contributed by atoms with E-state index in [4.69, 9.17) is 16.3 Å². The van der Waals surface area contributed by atoms with Crippen molar-refractivity contribution in [1.82, 2.24) is 10.2 Å². The molecule has 4 aromatic carbocycles. The zero-order chi connectivity index (χ0) is 33.3. The lowest BCUT2D eigenvalue weighted by molar-refractivity contribution is -0.140. The average Bonchev–Trinajstić information content (AvgIpc) is 3.05. The van der Waals surface area contributed by atoms with Gasteiger partial charge in [-0.3, -0.25) is 13.9 Å². The number of ether oxygens (including phenoxy) is 1. The average molecular weight is 662 g/mol. The summed E-state index contributed by atoms with van der Waals surface area (Å²) < 4.78 is 35.3. The van der Waals surface area contributed by atoms with Crippen molar-refractivity contribution in [1.29, 1.82) is 0 Å². The number of aryl methyl sites for hydroxylation is 2. The predicted octanol–water partition coefficient (Wildman–Crippen LogP) is 6.33. The molecule has 0 unspecified atom stereocenters. The maximum absolute atomic E-state index is 14.6. The van der Waals surface area contributed by atoms with Gasteiger partial charge in [0.25, 0.3) is 10.0 Å². The van der Waals surface area contributed by atoms with Crippen LogP contribution in [-0.4, -0.2) is 51.4 Å². The van der Waals surface area contributed by atoms with Gasteiger partial charge in [0.2, 0.25) is 11.8 Å². The number of methoxy groups -OCH3 is 1. The van der Waals surface area contributed by atoms with Crippen molar-refractivity contribution in [2.45, 2.75) is 51.1 Å². The second-order valence-electron chi connectivity index (χ2n) is 11.1. The minimum Gasteiger partial charge on any atom is -0.495 e. The number of anilines is 1. The van der Waals surface area contributed by atoms with E-state index in [1.807, 2.05) is 57.2 Å². The first-order valence-corrected chi connectivity index (χ1v) is 16.9. The Morgan fingerprint density at radius 3 is 2.15 bits per heavy atom. The Balaban J connectivity index is 1.84. The Morgan fingerprint density at radius 1 is 0.870 bits per heavy atom. The van der Waals surface area contributed by atoms with Crippen LogP contribution in [-0.2, 0) is 32.6 Å². The quantitative estimate of drug-likeness (QED) is 0.171. The van der Waals surface area contributed by atoms with E-state index in [0.29, 0.717) is 23.7 Å². The third-order valence-electron chi connectivity index (χ3n) is 7.58. The molecule has 0 saturated carbocycles. The van der Waals surface area contributed by atoms with Gasteiger partial charge in [-0.25, -0.2) is 8.42 Å². The topological polar surface area (TPSA) is 96.0 Å². The van der Waals surface area contributed by atoms with Gasteiger partial charge in [-0.05, 0) is 73.4 Å². The summed E-state index contributed by atoms with van der Waals surface area (Å²) >= 11 is 6.15. The third-order valence-corrected chi connectivity index (χ3v) is 9.60. The van der Waals surface area contributed by atoms with E-state index in [1.165, 1.54) is 24.1 Å². The normalized spacial score (nSPS) is 11.8. The van der Waals surface area contributed by atoms with Crippen LogP contribution in [0.2, 0.25) is 5.02 Å². The molecule has 0 spiro atoms. The maximum Gasteiger partial charge on any atom is 0.264 e. The van der Waals surface area contributed by atoms with Crippen molar-refractivity contribution in [2.24, 2.45) is 0 Å². The van der Waals surface area contributed by atoms with Crippen molar-refractivity contribution >= 4 is 39.1 Å². The van der Waals surface area contributed by atoms with Gasteiger partial charge < -0.3 is 15.0 Å². The van der Waals surface area contributed by atoms with Gasteiger partial charge in [-0.15, -0.1) is 0 Å². The highest BCUT2D eigenvalue weighted by Gasteiger charge is 2.35. The number of hydrogen-bond donors (Lipinski definition) is 1. The van der Waals surface area contributed by atoms with E-state index >= 15 is 0 Å². The third kappa shape index (κ3) is 8.68. The number of halogens is 1. The molecule has 0 saturated heterocycles. The number of nitrogens with one attached hydrogen (secondary N) is 1. The fraction of sp³-hybridized carbons (Fsp3) is 0.278. The van der Waals surface area contributed by atoms with Crippen LogP contribution in [0, 0.1) is 13.8 Å². The Hall–Kier alpha value is -4.34. The first-order chi connectivity index (χ1) is 22.0. The minimum atomic E-state index is -4.26. The van der Waals surface area contributed by atoms with Crippen LogP contribution in [0.25, 0.3) is 0 Å². The smallest absolute Gasteiger partial charge is 0.264 e. The zero-order valence-corrected chi connectivity index (χ0v) is 28.1. The van der Waals surface area contributed by atoms with E-state index < -0.39 is 28.5 Å². The van der Waals surface area contributed by atoms with E-state index in [0.717, 1.165) is 26.6 Å². The number of benzene rings is 4. The molecule has 1 atom stereocenters. The number of nitrogens with zero attached hydrogens (tertiary/aromatic N) is 2. The number of hydrogen-bond acceptors (Lipinski definition) is 5. The molecule has 10 heteroatoms. The second kappa shape index (κ2) is 15.8. The molecule has 46 heavy (non-hydrogen) atoms. The van der Waals surface area contributed by atoms with Crippen molar-refractivity contribution in [2.75, 3.05) is 24.5 Å². The summed E-state index contributed by atoms with van der Waals surface area (Å²) in [5.74, 6) is -0.587. The molecule has 1 N–H and O–H groups in total. The molecule has 4 rings (SSSR count). The van der Waals surface area contributed by atoms with Gasteiger partial charge in [0, 0.05) is 24.5 Å². The highest BCUT2D eigenvalue weighted by Crippen LogP contribution is 2.34. The van der Waals surface area contributed by atoms with Crippen LogP contribution in [0.4, 0.5) is 5.69 Å². The summed E-state index contributed by atoms with van der Waals surface area (Å²) in [4.78, 5) is 29.9. The molecule has 8 nitrogen and oxygen atoms in total. The molecular weight excluding hydrogens is 622 g/mol. The molecule has 0 heterocycles. The van der Waals surface area contributed by atoms with Gasteiger partial charge in [-0.2, -0.15) is 0 Å². The number of sulfonamides is 1. The molecule has 0 aliphatic carbocycles. The summed E-state index contributed by atoms with van der Waals surface area (Å²) in [6.07, 6.45) is 0.943. The van der Waals surface area contributed by atoms with Crippen LogP contribution < -0.4 is 14.4 Å². The van der Waals surface area contributed by atoms with Crippen molar-refractivity contribution in [3.63, 3.8) is 0 Å². The van der Waals surface area contributed by atoms with Gasteiger partial charge in [0.15, 0.2) is 0 Å². The van der Waals surface area contributed by atoms with Gasteiger partial charge in [0.05, 0.1) is 17.7 Å². The lowest BCUT2D eigenvalue weighted by atomic mass is 10.0. The van der Waals surface area contributed by atoms with Gasteiger partial charge >= 0.3 is 0 Å². The van der Waals surface area contributed by atoms with Crippen LogP contribution >= 0.6 is 11.6 Å². The molecule has 4 aromatic rings. The molecule has 0 aliphatic rings. The molecule has 0 bridgehead atoms. The summed E-state index contributed by atoms with van der Waals surface area (Å²) in [5, 5.41) is 3.48. The summed E-state index contributed by atoms with van der Waals surface area (Å²) in [6.45, 7) is 5.56. The highest BCUT2D eigenvalue weighted by atomic mass is 35.5. The van der Waals surface area contributed by atoms with Crippen molar-refractivity contribution < 1.29 is 22.7 Å². The first-order valence-electron chi connectivity index (χ1n) is 15.1. The van der Waals surface area contributed by atoms with Crippen LogP contribution in [0.5, 0.6) is 5.75 Å². The van der Waals surface area contributed by atoms with E-state index in [-0.39, 0.29) is 29.5 Å². The molecule has 0 aromatic heterocycles. The van der Waals surface area contributed by atoms with E-state index in [9.17, 15) is 18.0 Å². The lowest BCUT2D eigenvalue weighted by Crippen LogP contribution is -2.53. The van der Waals surface area contributed by atoms with Crippen molar-refractivity contribution in [3.05, 3.63) is 124 Å². The van der Waals surface area contributed by atoms with Gasteiger partial charge in [0.1, 0.15) is 18.3 Å². The summed E-state index contributed by atoms with van der Waals surface area (Å²) in [6, 6.07) is 27.1. The van der Waals surface area contributed by atoms with Crippen molar-refractivity contribution in [3.8, 4) is 5.75 Å². The van der Waals surface area contributed by atoms with Gasteiger partial charge in [-0.1, -0.05) is 84.8 Å². The van der Waals surface area contributed by atoms with Crippen LogP contribution in [0.15, 0.2) is 102 Å². The van der Waals surface area contributed by atoms with Crippen LogP contribution in [0.3, 0.4) is 0 Å². The SMILES string of the molecule is CCCNC(=O)[C@@H](Cc1ccccc1)N(Cc1ccc(Cl)cc1)C(=O)CN(c1cc(C)ccc1OC)S(=O)(=O)c1ccc(C)cc1. The second-order valence-corrected chi connectivity index (χ2v) is 13.4. The molecule has 0 aliphatic heterocycles. The van der Waals surface area contributed by atoms with Crippen LogP contribution in [0.1, 0.15) is 35.6 Å². The fourth-order valence-corrected chi connectivity index (χ4v) is 6.59. The number of amides is 2. The highest BCUT2D eigenvalue weighted by molar-refractivity contribution is 7.92. The molecular formula is C36H40ClN3O5S. The number of carbonyl (C=O) groups excluding carboxylic acids is 2. The Kier molecular flexibility index (Phi) is 11.8.